The van der Waals surface area contributed by atoms with Crippen LogP contribution in [0.3, 0.4) is 0 Å². The molecule has 5 heterocycles. The maximum atomic E-state index is 13.4. The number of aromatic nitrogens is 6. The Balaban J connectivity index is 0.811. The number of methoxy groups -OCH3 is 1. The van der Waals surface area contributed by atoms with Gasteiger partial charge in [0.05, 0.1) is 56.5 Å². The second-order valence-electron chi connectivity index (χ2n) is 12.9. The molecule has 5 aromatic heterocycles. The third kappa shape index (κ3) is 8.67. The van der Waals surface area contributed by atoms with Gasteiger partial charge in [0.25, 0.3) is 11.5 Å². The Labute approximate surface area is 319 Å². The van der Waals surface area contributed by atoms with E-state index in [4.69, 9.17) is 24.9 Å². The van der Waals surface area contributed by atoms with E-state index in [1.54, 1.807) is 30.1 Å². The largest absolute Gasteiger partial charge is 0.497 e. The molecule has 0 unspecified atom stereocenters. The van der Waals surface area contributed by atoms with Crippen LogP contribution < -0.4 is 26.7 Å². The number of ether oxygens (including phenoxy) is 3. The fraction of sp³-hybridized carbons (Fsp3) is 0.282. The zero-order chi connectivity index (χ0) is 38.3. The number of nitrogens with zero attached hydrogens (tertiary/aromatic N) is 6. The second kappa shape index (κ2) is 16.9. The highest BCUT2D eigenvalue weighted by Crippen LogP contribution is 2.31. The molecule has 0 atom stereocenters. The Morgan fingerprint density at radius 2 is 1.76 bits per heavy atom. The van der Waals surface area contributed by atoms with Gasteiger partial charge in [0.1, 0.15) is 28.5 Å². The molecule has 0 radical (unpaired) electrons. The predicted molar refractivity (Wildman–Crippen MR) is 210 cm³/mol. The number of nitrogens with one attached hydrogen (secondary N) is 2. The molecule has 7 rings (SSSR count). The Morgan fingerprint density at radius 3 is 2.60 bits per heavy atom. The molecule has 0 fully saturated rings. The number of benzene rings is 2. The lowest BCUT2D eigenvalue weighted by molar-refractivity contribution is -0.121. The van der Waals surface area contributed by atoms with Crippen molar-refractivity contribution in [3.63, 3.8) is 0 Å². The number of anilines is 1. The first kappa shape index (κ1) is 37.2. The molecule has 0 aliphatic carbocycles. The van der Waals surface area contributed by atoms with Crippen molar-refractivity contribution in [2.45, 2.75) is 26.1 Å². The molecule has 0 aliphatic rings. The number of carbonyl (C=O) groups is 2. The number of rotatable bonds is 17. The molecule has 2 aromatic carbocycles. The number of nitrogen functional groups attached to an aromatic ring is 1. The van der Waals surface area contributed by atoms with Crippen LogP contribution >= 0.6 is 11.3 Å². The first-order valence-corrected chi connectivity index (χ1v) is 18.6. The summed E-state index contributed by atoms with van der Waals surface area (Å²) < 4.78 is 22.6. The average Bonchev–Trinajstić information content (AvgIpc) is 3.87. The summed E-state index contributed by atoms with van der Waals surface area (Å²) in [5, 5.41) is 12.5. The maximum absolute atomic E-state index is 13.4. The summed E-state index contributed by atoms with van der Waals surface area (Å²) in [5.74, 6) is 0.331. The molecule has 0 bridgehead atoms. The molecule has 0 saturated heterocycles. The summed E-state index contributed by atoms with van der Waals surface area (Å²) in [6.45, 7) is 2.57. The van der Waals surface area contributed by atoms with Crippen molar-refractivity contribution in [2.24, 2.45) is 7.05 Å². The molecule has 7 aromatic rings. The zero-order valence-electron chi connectivity index (χ0n) is 30.5. The van der Waals surface area contributed by atoms with Crippen molar-refractivity contribution >= 4 is 61.1 Å². The quantitative estimate of drug-likeness (QED) is 0.0915. The van der Waals surface area contributed by atoms with Crippen molar-refractivity contribution in [1.82, 2.24) is 39.5 Å². The molecular weight excluding hydrogens is 723 g/mol. The highest BCUT2D eigenvalue weighted by Gasteiger charge is 2.19. The molecule has 0 spiro atoms. The van der Waals surface area contributed by atoms with Crippen LogP contribution in [-0.2, 0) is 47.4 Å². The lowest BCUT2D eigenvalue weighted by Gasteiger charge is -2.09. The van der Waals surface area contributed by atoms with Gasteiger partial charge in [-0.2, -0.15) is 5.10 Å². The van der Waals surface area contributed by atoms with Crippen molar-refractivity contribution in [3.05, 3.63) is 111 Å². The molecule has 16 heteroatoms. The van der Waals surface area contributed by atoms with Gasteiger partial charge in [0.2, 0.25) is 5.91 Å². The number of carbonyl (C=O) groups excluding carboxylic acids is 2. The Bertz CT molecular complexity index is 2520. The lowest BCUT2D eigenvalue weighted by Crippen LogP contribution is -2.30. The van der Waals surface area contributed by atoms with Gasteiger partial charge in [0, 0.05) is 49.0 Å². The van der Waals surface area contributed by atoms with Gasteiger partial charge < -0.3 is 39.7 Å². The molecule has 0 saturated carbocycles. The third-order valence-corrected chi connectivity index (χ3v) is 10.1. The zero-order valence-corrected chi connectivity index (χ0v) is 31.3. The van der Waals surface area contributed by atoms with Gasteiger partial charge in [-0.05, 0) is 53.9 Å². The topological polar surface area (TPSA) is 182 Å². The minimum atomic E-state index is -0.209. The summed E-state index contributed by atoms with van der Waals surface area (Å²) >= 11 is 1.47. The van der Waals surface area contributed by atoms with Crippen LogP contribution in [0.5, 0.6) is 5.75 Å². The van der Waals surface area contributed by atoms with E-state index in [1.807, 2.05) is 66.2 Å². The van der Waals surface area contributed by atoms with Gasteiger partial charge in [-0.15, -0.1) is 11.3 Å². The Kier molecular flexibility index (Phi) is 11.5. The van der Waals surface area contributed by atoms with Crippen molar-refractivity contribution in [2.75, 3.05) is 45.8 Å². The molecule has 15 nitrogen and oxygen atoms in total. The van der Waals surface area contributed by atoms with Crippen LogP contribution in [0, 0.1) is 0 Å². The minimum Gasteiger partial charge on any atom is -0.497 e. The van der Waals surface area contributed by atoms with E-state index < -0.39 is 0 Å². The monoisotopic (exact) mass is 763 g/mol. The van der Waals surface area contributed by atoms with E-state index in [-0.39, 0.29) is 23.9 Å². The number of amides is 2. The van der Waals surface area contributed by atoms with E-state index in [1.165, 1.54) is 22.2 Å². The maximum Gasteiger partial charge on any atom is 0.291 e. The van der Waals surface area contributed by atoms with Crippen LogP contribution in [0.1, 0.15) is 26.5 Å². The fourth-order valence-electron chi connectivity index (χ4n) is 6.24. The van der Waals surface area contributed by atoms with E-state index in [0.29, 0.717) is 80.5 Å². The molecule has 4 N–H and O–H groups in total. The minimum absolute atomic E-state index is 0.0831. The van der Waals surface area contributed by atoms with Crippen LogP contribution in [0.4, 0.5) is 5.69 Å². The number of hydrogen-bond acceptors (Lipinski definition) is 11. The number of thiazole rings is 1. The normalized spacial score (nSPS) is 11.5. The first-order valence-electron chi connectivity index (χ1n) is 17.7. The van der Waals surface area contributed by atoms with Gasteiger partial charge in [0.15, 0.2) is 5.65 Å². The van der Waals surface area contributed by atoms with Crippen LogP contribution in [0.15, 0.2) is 84.0 Å². The molecule has 284 valence electrons. The van der Waals surface area contributed by atoms with Crippen LogP contribution in [0.2, 0.25) is 0 Å². The first-order chi connectivity index (χ1) is 26.8. The SMILES string of the molecule is COc1cccc(Cn2ncc3c4sc(COCCOCCNC(=O)Cn5ccc6cc(C(=O)NCCc7ccc(N)cc7)cnc65)nc4n(C)c3c2=O)c1. The third-order valence-electron chi connectivity index (χ3n) is 9.06. The molecule has 2 amide bonds. The van der Waals surface area contributed by atoms with E-state index >= 15 is 0 Å². The predicted octanol–water partition coefficient (Wildman–Crippen LogP) is 3.66. The number of fused-ring (bicyclic) bond motifs is 4. The van der Waals surface area contributed by atoms with Gasteiger partial charge in [-0.3, -0.25) is 14.4 Å². The van der Waals surface area contributed by atoms with E-state index in [2.05, 4.69) is 20.7 Å². The van der Waals surface area contributed by atoms with E-state index in [0.717, 1.165) is 37.4 Å². The van der Waals surface area contributed by atoms with Crippen molar-refractivity contribution in [1.29, 1.82) is 0 Å². The standard InChI is InChI=1S/C39H41N9O6S/c1-46-34-31(21-44-48(39(34)51)22-26-4-3-5-30(18-26)52-2)35-37(46)45-33(55-35)24-54-17-16-53-15-13-41-32(49)23-47-14-11-27-19-28(20-43-36(27)47)38(50)42-12-10-25-6-8-29(40)9-7-25/h3-9,11,14,18-21H,10,12-13,15-17,22-24,40H2,1-2H3,(H,41,49)(H,42,50). The summed E-state index contributed by atoms with van der Waals surface area (Å²) in [4.78, 5) is 47.8. The lowest BCUT2D eigenvalue weighted by atomic mass is 10.1. The summed E-state index contributed by atoms with van der Waals surface area (Å²) in [6, 6.07) is 18.7. The summed E-state index contributed by atoms with van der Waals surface area (Å²) in [5.41, 5.74) is 10.6. The Morgan fingerprint density at radius 1 is 0.927 bits per heavy atom. The molecule has 0 aliphatic heterocycles. The Hall–Kier alpha value is -6.10. The number of nitrogens with two attached hydrogens (primary N) is 1. The highest BCUT2D eigenvalue weighted by molar-refractivity contribution is 7.19. The van der Waals surface area contributed by atoms with Crippen LogP contribution in [0.25, 0.3) is 32.3 Å². The van der Waals surface area contributed by atoms with Gasteiger partial charge in [-0.1, -0.05) is 24.3 Å². The van der Waals surface area contributed by atoms with Crippen molar-refractivity contribution < 1.29 is 23.8 Å². The molecular formula is C39H41N9O6S. The van der Waals surface area contributed by atoms with Gasteiger partial charge >= 0.3 is 0 Å². The number of aryl methyl sites for hydroxylation is 1. The summed E-state index contributed by atoms with van der Waals surface area (Å²) in [6.07, 6.45) is 5.70. The fourth-order valence-corrected chi connectivity index (χ4v) is 7.28. The number of pyridine rings is 1. The van der Waals surface area contributed by atoms with E-state index in [9.17, 15) is 14.4 Å². The molecule has 55 heavy (non-hydrogen) atoms. The summed E-state index contributed by atoms with van der Waals surface area (Å²) in [7, 11) is 3.44. The highest BCUT2D eigenvalue weighted by atomic mass is 32.1. The second-order valence-corrected chi connectivity index (χ2v) is 14.0. The van der Waals surface area contributed by atoms with Crippen molar-refractivity contribution in [3.8, 4) is 5.75 Å². The number of hydrogen-bond donors (Lipinski definition) is 3. The smallest absolute Gasteiger partial charge is 0.291 e. The van der Waals surface area contributed by atoms with Crippen LogP contribution in [-0.4, -0.2) is 80.7 Å². The van der Waals surface area contributed by atoms with Gasteiger partial charge in [-0.25, -0.2) is 14.6 Å². The average molecular weight is 764 g/mol.